The van der Waals surface area contributed by atoms with Gasteiger partial charge in [-0.15, -0.1) is 0 Å². The summed E-state index contributed by atoms with van der Waals surface area (Å²) < 4.78 is 8.51. The van der Waals surface area contributed by atoms with Gasteiger partial charge in [-0.2, -0.15) is 0 Å². The maximum absolute atomic E-state index is 6.19. The van der Waals surface area contributed by atoms with Crippen LogP contribution in [0.3, 0.4) is 0 Å². The van der Waals surface area contributed by atoms with Crippen molar-refractivity contribution in [3.8, 4) is 5.75 Å². The Morgan fingerprint density at radius 3 is 2.69 bits per heavy atom. The third-order valence-corrected chi connectivity index (χ3v) is 5.15. The second kappa shape index (κ2) is 8.59. The first kappa shape index (κ1) is 18.8. The van der Waals surface area contributed by atoms with Crippen LogP contribution >= 0.6 is 11.6 Å². The highest BCUT2D eigenvalue weighted by molar-refractivity contribution is 6.31. The summed E-state index contributed by atoms with van der Waals surface area (Å²) in [6.07, 6.45) is 4.79. The monoisotopic (exact) mass is 370 g/mol. The molecule has 0 aliphatic carbocycles. The van der Waals surface area contributed by atoms with Crippen molar-refractivity contribution >= 4 is 22.6 Å². The van der Waals surface area contributed by atoms with Gasteiger partial charge in [-0.1, -0.05) is 49.9 Å². The number of unbranched alkanes of at least 4 members (excludes halogenated alkanes) is 3. The number of rotatable bonds is 8. The van der Waals surface area contributed by atoms with Gasteiger partial charge in [-0.25, -0.2) is 4.98 Å². The molecule has 3 nitrogen and oxygen atoms in total. The molecule has 0 aliphatic heterocycles. The summed E-state index contributed by atoms with van der Waals surface area (Å²) in [5.74, 6) is 1.80. The number of fused-ring (bicyclic) bond motifs is 1. The Balaban J connectivity index is 1.85. The molecule has 0 amide bonds. The zero-order valence-corrected chi connectivity index (χ0v) is 16.6. The molecule has 2 aromatic carbocycles. The molecule has 0 radical (unpaired) electrons. The molecule has 3 aromatic rings. The van der Waals surface area contributed by atoms with E-state index in [1.54, 1.807) is 0 Å². The Morgan fingerprint density at radius 2 is 1.92 bits per heavy atom. The number of ether oxygens (including phenoxy) is 1. The van der Waals surface area contributed by atoms with E-state index in [1.807, 2.05) is 31.2 Å². The van der Waals surface area contributed by atoms with Crippen molar-refractivity contribution < 1.29 is 4.74 Å². The van der Waals surface area contributed by atoms with Crippen LogP contribution in [0.25, 0.3) is 11.0 Å². The van der Waals surface area contributed by atoms with Crippen LogP contribution in [0.5, 0.6) is 5.75 Å². The quantitative estimate of drug-likeness (QED) is 0.411. The summed E-state index contributed by atoms with van der Waals surface area (Å²) in [4.78, 5) is 4.86. The molecule has 0 bridgehead atoms. The number of hydrogen-bond acceptors (Lipinski definition) is 2. The summed E-state index contributed by atoms with van der Waals surface area (Å²) in [5, 5.41) is 0.758. The topological polar surface area (TPSA) is 27.1 Å². The lowest BCUT2D eigenvalue weighted by Gasteiger charge is -2.17. The van der Waals surface area contributed by atoms with E-state index >= 15 is 0 Å². The zero-order chi connectivity index (χ0) is 18.5. The van der Waals surface area contributed by atoms with Crippen molar-refractivity contribution in [1.29, 1.82) is 0 Å². The van der Waals surface area contributed by atoms with Gasteiger partial charge in [-0.3, -0.25) is 0 Å². The molecule has 0 saturated carbocycles. The molecule has 3 rings (SSSR count). The van der Waals surface area contributed by atoms with E-state index in [0.717, 1.165) is 40.6 Å². The van der Waals surface area contributed by atoms with Crippen molar-refractivity contribution in [1.82, 2.24) is 9.55 Å². The first-order chi connectivity index (χ1) is 12.6. The molecule has 26 heavy (non-hydrogen) atoms. The van der Waals surface area contributed by atoms with Crippen LogP contribution < -0.4 is 4.74 Å². The number of benzene rings is 2. The Hall–Kier alpha value is -2.00. The fraction of sp³-hybridized carbons (Fsp3) is 0.409. The Labute approximate surface area is 161 Å². The first-order valence-electron chi connectivity index (χ1n) is 9.48. The van der Waals surface area contributed by atoms with Crippen molar-refractivity contribution in [2.75, 3.05) is 0 Å². The zero-order valence-electron chi connectivity index (χ0n) is 15.8. The lowest BCUT2D eigenvalue weighted by atomic mass is 10.2. The molecular formula is C22H27ClN2O. The predicted molar refractivity (Wildman–Crippen MR) is 109 cm³/mol. The van der Waals surface area contributed by atoms with Gasteiger partial charge >= 0.3 is 0 Å². The summed E-state index contributed by atoms with van der Waals surface area (Å²) in [6, 6.07) is 14.1. The molecule has 1 aromatic heterocycles. The molecule has 0 fully saturated rings. The van der Waals surface area contributed by atoms with Gasteiger partial charge in [0, 0.05) is 11.6 Å². The maximum atomic E-state index is 6.19. The minimum atomic E-state index is -0.130. The average molecular weight is 371 g/mol. The van der Waals surface area contributed by atoms with Crippen LogP contribution in [0.2, 0.25) is 5.02 Å². The van der Waals surface area contributed by atoms with Crippen molar-refractivity contribution in [2.24, 2.45) is 0 Å². The Kier molecular flexibility index (Phi) is 6.20. The predicted octanol–water partition coefficient (Wildman–Crippen LogP) is 6.72. The number of halogens is 1. The highest BCUT2D eigenvalue weighted by atomic mass is 35.5. The molecule has 0 aliphatic rings. The van der Waals surface area contributed by atoms with Gasteiger partial charge in [0.05, 0.1) is 11.0 Å². The standard InChI is InChI=1S/C22H27ClN2O/c1-4-5-6-9-14-25-21-11-8-7-10-20(21)24-22(25)17(3)26-18-12-13-19(23)16(2)15-18/h7-8,10-13,15,17H,4-6,9,14H2,1-3H3. The first-order valence-corrected chi connectivity index (χ1v) is 9.86. The molecule has 1 unspecified atom stereocenters. The van der Waals surface area contributed by atoms with E-state index in [0.29, 0.717) is 0 Å². The number of hydrogen-bond donors (Lipinski definition) is 0. The van der Waals surface area contributed by atoms with Gasteiger partial charge in [0.15, 0.2) is 11.9 Å². The molecule has 138 valence electrons. The lowest BCUT2D eigenvalue weighted by Crippen LogP contribution is -2.12. The molecule has 0 N–H and O–H groups in total. The molecule has 1 heterocycles. The van der Waals surface area contributed by atoms with Crippen molar-refractivity contribution in [3.63, 3.8) is 0 Å². The summed E-state index contributed by atoms with van der Waals surface area (Å²) in [5.41, 5.74) is 3.23. The van der Waals surface area contributed by atoms with Gasteiger partial charge in [-0.05, 0) is 56.2 Å². The third kappa shape index (κ3) is 4.21. The van der Waals surface area contributed by atoms with Gasteiger partial charge in [0.2, 0.25) is 0 Å². The minimum Gasteiger partial charge on any atom is -0.483 e. The van der Waals surface area contributed by atoms with Crippen LogP contribution in [-0.2, 0) is 6.54 Å². The minimum absolute atomic E-state index is 0.130. The summed E-state index contributed by atoms with van der Waals surface area (Å²) in [7, 11) is 0. The maximum Gasteiger partial charge on any atom is 0.153 e. The summed E-state index contributed by atoms with van der Waals surface area (Å²) >= 11 is 6.12. The van der Waals surface area contributed by atoms with Crippen LogP contribution in [0, 0.1) is 6.92 Å². The van der Waals surface area contributed by atoms with Crippen molar-refractivity contribution in [2.45, 2.75) is 59.1 Å². The van der Waals surface area contributed by atoms with E-state index in [2.05, 4.69) is 36.6 Å². The molecule has 0 saturated heterocycles. The lowest BCUT2D eigenvalue weighted by molar-refractivity contribution is 0.211. The SMILES string of the molecule is CCCCCCn1c(C(C)Oc2ccc(Cl)c(C)c2)nc2ccccc21. The number of imidazole rings is 1. The largest absolute Gasteiger partial charge is 0.483 e. The van der Waals surface area contributed by atoms with Crippen LogP contribution in [0.1, 0.15) is 57.0 Å². The van der Waals surface area contributed by atoms with E-state index < -0.39 is 0 Å². The van der Waals surface area contributed by atoms with Gasteiger partial charge in [0.1, 0.15) is 5.75 Å². The molecule has 0 spiro atoms. The smallest absolute Gasteiger partial charge is 0.153 e. The van der Waals surface area contributed by atoms with E-state index in [4.69, 9.17) is 21.3 Å². The molecular weight excluding hydrogens is 344 g/mol. The second-order valence-electron chi connectivity index (χ2n) is 6.84. The van der Waals surface area contributed by atoms with E-state index in [1.165, 1.54) is 24.8 Å². The van der Waals surface area contributed by atoms with Gasteiger partial charge in [0.25, 0.3) is 0 Å². The van der Waals surface area contributed by atoms with Crippen LogP contribution in [-0.4, -0.2) is 9.55 Å². The number of aryl methyl sites for hydroxylation is 2. The highest BCUT2D eigenvalue weighted by Gasteiger charge is 2.18. The highest BCUT2D eigenvalue weighted by Crippen LogP contribution is 2.28. The molecule has 4 heteroatoms. The number of aromatic nitrogens is 2. The Bertz CT molecular complexity index is 872. The average Bonchev–Trinajstić information content (AvgIpc) is 3.01. The summed E-state index contributed by atoms with van der Waals surface area (Å²) in [6.45, 7) is 7.27. The normalized spacial score (nSPS) is 12.5. The van der Waals surface area contributed by atoms with Gasteiger partial charge < -0.3 is 9.30 Å². The van der Waals surface area contributed by atoms with Crippen molar-refractivity contribution in [3.05, 3.63) is 58.9 Å². The van der Waals surface area contributed by atoms with E-state index in [-0.39, 0.29) is 6.10 Å². The third-order valence-electron chi connectivity index (χ3n) is 4.73. The number of nitrogens with zero attached hydrogens (tertiary/aromatic N) is 2. The Morgan fingerprint density at radius 1 is 1.12 bits per heavy atom. The number of para-hydroxylation sites is 2. The van der Waals surface area contributed by atoms with Crippen LogP contribution in [0.4, 0.5) is 0 Å². The van der Waals surface area contributed by atoms with E-state index in [9.17, 15) is 0 Å². The second-order valence-corrected chi connectivity index (χ2v) is 7.25. The fourth-order valence-electron chi connectivity index (χ4n) is 3.28. The molecule has 1 atom stereocenters. The fourth-order valence-corrected chi connectivity index (χ4v) is 3.40. The van der Waals surface area contributed by atoms with Crippen LogP contribution in [0.15, 0.2) is 42.5 Å².